The molecule has 172 valence electrons. The number of halogens is 1. The number of hydrogen-bond donors (Lipinski definition) is 1. The van der Waals surface area contributed by atoms with Gasteiger partial charge >= 0.3 is 0 Å². The molecule has 3 saturated heterocycles. The topological polar surface area (TPSA) is 93.7 Å². The second-order valence-corrected chi connectivity index (χ2v) is 10.4. The van der Waals surface area contributed by atoms with E-state index >= 15 is 0 Å². The van der Waals surface area contributed by atoms with E-state index in [2.05, 4.69) is 26.8 Å². The Morgan fingerprint density at radius 2 is 2.00 bits per heavy atom. The van der Waals surface area contributed by atoms with E-state index in [1.165, 1.54) is 12.1 Å². The molecule has 0 spiro atoms. The summed E-state index contributed by atoms with van der Waals surface area (Å²) in [6.07, 6.45) is 2.21. The quantitative estimate of drug-likeness (QED) is 0.755. The zero-order valence-electron chi connectivity index (χ0n) is 19.0. The molecule has 0 saturated carbocycles. The average Bonchev–Trinajstić information content (AvgIpc) is 3.44. The Balaban J connectivity index is 1.47. The number of nitrogens with two attached hydrogens (primary N) is 1. The van der Waals surface area contributed by atoms with Crippen LogP contribution in [0.15, 0.2) is 24.3 Å². The molecule has 2 N–H and O–H groups in total. The maximum atomic E-state index is 13.5. The number of carbonyl (C=O) groups is 2. The van der Waals surface area contributed by atoms with Crippen LogP contribution < -0.4 is 5.73 Å². The molecule has 0 aromatic heterocycles. The van der Waals surface area contributed by atoms with Crippen LogP contribution in [0.4, 0.5) is 4.39 Å². The minimum Gasteiger partial charge on any atom is -0.329 e. The molecule has 32 heavy (non-hydrogen) atoms. The van der Waals surface area contributed by atoms with Crippen molar-refractivity contribution in [3.8, 4) is 6.07 Å². The molecule has 3 aliphatic heterocycles. The summed E-state index contributed by atoms with van der Waals surface area (Å²) in [5.41, 5.74) is 6.94. The summed E-state index contributed by atoms with van der Waals surface area (Å²) in [4.78, 5) is 31.8. The SMILES string of the molecule is CC(C)(C)[C@H](c1ccc(F)cc1)N1C(=O)[C@H]2CC1CN2C[C@H](N)C(=O)N1CCC[C@H]1C#N. The van der Waals surface area contributed by atoms with Gasteiger partial charge in [-0.05, 0) is 42.4 Å². The zero-order valence-corrected chi connectivity index (χ0v) is 19.0. The van der Waals surface area contributed by atoms with Crippen LogP contribution in [-0.4, -0.2) is 70.3 Å². The smallest absolute Gasteiger partial charge is 0.241 e. The summed E-state index contributed by atoms with van der Waals surface area (Å²) in [7, 11) is 0. The first-order valence-electron chi connectivity index (χ1n) is 11.4. The molecule has 2 bridgehead atoms. The van der Waals surface area contributed by atoms with Crippen molar-refractivity contribution in [3.05, 3.63) is 35.6 Å². The van der Waals surface area contributed by atoms with Crippen LogP contribution >= 0.6 is 0 Å². The number of hydrogen-bond acceptors (Lipinski definition) is 5. The molecule has 4 rings (SSSR count). The van der Waals surface area contributed by atoms with Gasteiger partial charge in [-0.25, -0.2) is 4.39 Å². The summed E-state index contributed by atoms with van der Waals surface area (Å²) < 4.78 is 13.5. The minimum absolute atomic E-state index is 0.0303. The van der Waals surface area contributed by atoms with Gasteiger partial charge in [0.15, 0.2) is 0 Å². The lowest BCUT2D eigenvalue weighted by Gasteiger charge is -2.45. The summed E-state index contributed by atoms with van der Waals surface area (Å²) in [5.74, 6) is -0.460. The van der Waals surface area contributed by atoms with Gasteiger partial charge in [0.2, 0.25) is 11.8 Å². The fourth-order valence-corrected chi connectivity index (χ4v) is 5.66. The molecule has 5 atom stereocenters. The fourth-order valence-electron chi connectivity index (χ4n) is 5.66. The largest absolute Gasteiger partial charge is 0.329 e. The van der Waals surface area contributed by atoms with Crippen LogP contribution in [0.1, 0.15) is 51.6 Å². The number of piperazine rings is 1. The Hall–Kier alpha value is -2.50. The third kappa shape index (κ3) is 4.00. The van der Waals surface area contributed by atoms with Crippen molar-refractivity contribution in [3.63, 3.8) is 0 Å². The van der Waals surface area contributed by atoms with Crippen molar-refractivity contribution < 1.29 is 14.0 Å². The van der Waals surface area contributed by atoms with E-state index in [0.29, 0.717) is 32.5 Å². The molecule has 7 nitrogen and oxygen atoms in total. The van der Waals surface area contributed by atoms with Crippen LogP contribution in [0.25, 0.3) is 0 Å². The number of carbonyl (C=O) groups excluding carboxylic acids is 2. The summed E-state index contributed by atoms with van der Waals surface area (Å²) in [6, 6.07) is 7.01. The van der Waals surface area contributed by atoms with Crippen molar-refractivity contribution >= 4 is 11.8 Å². The van der Waals surface area contributed by atoms with Gasteiger partial charge in [-0.3, -0.25) is 14.5 Å². The fraction of sp³-hybridized carbons (Fsp3) is 0.625. The Bertz CT molecular complexity index is 922. The third-order valence-corrected chi connectivity index (χ3v) is 7.03. The van der Waals surface area contributed by atoms with Gasteiger partial charge in [-0.15, -0.1) is 0 Å². The first kappa shape index (κ1) is 22.7. The third-order valence-electron chi connectivity index (χ3n) is 7.03. The Labute approximate surface area is 188 Å². The molecule has 1 aromatic carbocycles. The van der Waals surface area contributed by atoms with Gasteiger partial charge in [0.1, 0.15) is 11.9 Å². The predicted octanol–water partition coefficient (Wildman–Crippen LogP) is 2.04. The molecule has 3 heterocycles. The van der Waals surface area contributed by atoms with Crippen molar-refractivity contribution in [1.29, 1.82) is 5.26 Å². The molecular weight excluding hydrogens is 409 g/mol. The lowest BCUT2D eigenvalue weighted by molar-refractivity contribution is -0.143. The van der Waals surface area contributed by atoms with Crippen molar-refractivity contribution in [2.24, 2.45) is 11.1 Å². The van der Waals surface area contributed by atoms with Crippen LogP contribution in [-0.2, 0) is 9.59 Å². The van der Waals surface area contributed by atoms with Crippen LogP contribution in [0, 0.1) is 22.6 Å². The molecule has 3 fully saturated rings. The summed E-state index contributed by atoms with van der Waals surface area (Å²) in [6.45, 7) is 7.81. The molecule has 1 unspecified atom stereocenters. The molecule has 1 aromatic rings. The van der Waals surface area contributed by atoms with Crippen molar-refractivity contribution in [2.45, 2.75) is 70.2 Å². The minimum atomic E-state index is -0.750. The number of likely N-dealkylation sites (tertiary alicyclic amines) is 3. The van der Waals surface area contributed by atoms with E-state index < -0.39 is 12.1 Å². The lowest BCUT2D eigenvalue weighted by Crippen LogP contribution is -2.57. The Morgan fingerprint density at radius 1 is 1.31 bits per heavy atom. The highest BCUT2D eigenvalue weighted by atomic mass is 19.1. The number of nitrogens with zero attached hydrogens (tertiary/aromatic N) is 4. The van der Waals surface area contributed by atoms with E-state index in [1.807, 2.05) is 9.80 Å². The zero-order chi connectivity index (χ0) is 23.2. The average molecular weight is 442 g/mol. The van der Waals surface area contributed by atoms with Crippen molar-refractivity contribution in [2.75, 3.05) is 19.6 Å². The van der Waals surface area contributed by atoms with Gasteiger partial charge in [0.25, 0.3) is 0 Å². The highest BCUT2D eigenvalue weighted by Crippen LogP contribution is 2.45. The Morgan fingerprint density at radius 3 is 2.59 bits per heavy atom. The second-order valence-electron chi connectivity index (χ2n) is 10.4. The standard InChI is InChI=1S/C24H32FN5O2/c1-24(2,3)21(15-6-8-16(25)9-7-15)30-18-11-20(23(30)32)28(13-18)14-19(27)22(31)29-10-4-5-17(29)12-26/h6-9,17-21H,4-5,10-11,13-14,27H2,1-3H3/t17-,18?,19-,20+,21-/m0/s1. The second kappa shape index (κ2) is 8.45. The monoisotopic (exact) mass is 441 g/mol. The first-order chi connectivity index (χ1) is 15.1. The number of amides is 2. The molecule has 0 aliphatic carbocycles. The van der Waals surface area contributed by atoms with Gasteiger partial charge in [-0.2, -0.15) is 5.26 Å². The van der Waals surface area contributed by atoms with E-state index in [1.54, 1.807) is 17.0 Å². The first-order valence-corrected chi connectivity index (χ1v) is 11.4. The van der Waals surface area contributed by atoms with E-state index in [0.717, 1.165) is 12.0 Å². The molecular formula is C24H32FN5O2. The molecule has 8 heteroatoms. The van der Waals surface area contributed by atoms with Gasteiger partial charge < -0.3 is 15.5 Å². The normalized spacial score (nSPS) is 27.6. The maximum absolute atomic E-state index is 13.5. The molecule has 3 aliphatic rings. The number of nitriles is 1. The number of fused-ring (bicyclic) bond motifs is 2. The van der Waals surface area contributed by atoms with Gasteiger partial charge in [0.05, 0.1) is 24.2 Å². The van der Waals surface area contributed by atoms with Crippen LogP contribution in [0.5, 0.6) is 0 Å². The Kier molecular flexibility index (Phi) is 5.99. The van der Waals surface area contributed by atoms with E-state index in [-0.39, 0.29) is 41.2 Å². The summed E-state index contributed by atoms with van der Waals surface area (Å²) in [5, 5.41) is 9.26. The highest BCUT2D eigenvalue weighted by molar-refractivity contribution is 5.87. The van der Waals surface area contributed by atoms with Crippen LogP contribution in [0.2, 0.25) is 0 Å². The summed E-state index contributed by atoms with van der Waals surface area (Å²) >= 11 is 0. The number of rotatable bonds is 5. The van der Waals surface area contributed by atoms with Crippen molar-refractivity contribution in [1.82, 2.24) is 14.7 Å². The maximum Gasteiger partial charge on any atom is 0.241 e. The van der Waals surface area contributed by atoms with Crippen LogP contribution in [0.3, 0.4) is 0 Å². The molecule has 0 radical (unpaired) electrons. The van der Waals surface area contributed by atoms with E-state index in [4.69, 9.17) is 5.73 Å². The van der Waals surface area contributed by atoms with Gasteiger partial charge in [0, 0.05) is 25.7 Å². The predicted molar refractivity (Wildman–Crippen MR) is 118 cm³/mol. The lowest BCUT2D eigenvalue weighted by atomic mass is 9.80. The highest BCUT2D eigenvalue weighted by Gasteiger charge is 2.54. The van der Waals surface area contributed by atoms with Gasteiger partial charge in [-0.1, -0.05) is 32.9 Å². The molecule has 2 amide bonds. The van der Waals surface area contributed by atoms with E-state index in [9.17, 15) is 19.2 Å². The number of benzene rings is 1.